The van der Waals surface area contributed by atoms with Crippen LogP contribution in [0.3, 0.4) is 0 Å². The van der Waals surface area contributed by atoms with Gasteiger partial charge in [-0.05, 0) is 66.5 Å². The smallest absolute Gasteiger partial charge is 0.269 e. The SMILES string of the molecule is C[C@@H]1[C@@H]([Si](C)(C)O)[C@H](CC(=O)N2Cc3ccccc3C[C@H]2CO)O[C@@]12C(=O)N(Cc1ccc(N3C(=O)COc4ccccc43)cc1)c1ccc([N+](=O)[O-])cc12. The van der Waals surface area contributed by atoms with Gasteiger partial charge in [0.25, 0.3) is 17.5 Å². The Kier molecular flexibility index (Phi) is 9.11. The van der Waals surface area contributed by atoms with Crippen LogP contribution in [0.4, 0.5) is 22.7 Å². The summed E-state index contributed by atoms with van der Waals surface area (Å²) in [7, 11) is -3.17. The number of anilines is 3. The molecule has 0 bridgehead atoms. The summed E-state index contributed by atoms with van der Waals surface area (Å²) in [4.78, 5) is 70.2. The summed E-state index contributed by atoms with van der Waals surface area (Å²) in [6.45, 7) is 5.42. The third-order valence-corrected chi connectivity index (χ3v) is 14.2. The highest BCUT2D eigenvalue weighted by Gasteiger charge is 2.67. The summed E-state index contributed by atoms with van der Waals surface area (Å²) in [5, 5.41) is 22.4. The molecule has 4 aromatic carbocycles. The number of nitrogens with zero attached hydrogens (tertiary/aromatic N) is 4. The third-order valence-electron chi connectivity index (χ3n) is 11.7. The molecule has 0 unspecified atom stereocenters. The molecule has 2 N–H and O–H groups in total. The van der Waals surface area contributed by atoms with Crippen LogP contribution in [0, 0.1) is 16.0 Å². The number of carbonyl (C=O) groups is 3. The van der Waals surface area contributed by atoms with Gasteiger partial charge in [0.15, 0.2) is 20.5 Å². The normalized spacial score (nSPS) is 24.4. The van der Waals surface area contributed by atoms with Crippen molar-refractivity contribution in [2.75, 3.05) is 23.0 Å². The van der Waals surface area contributed by atoms with E-state index in [0.717, 1.165) is 16.7 Å². The number of nitro groups is 1. The second kappa shape index (κ2) is 13.7. The molecule has 8 rings (SSSR count). The molecule has 1 spiro atoms. The molecular formula is C41H42N4O9Si. The first kappa shape index (κ1) is 36.6. The minimum Gasteiger partial charge on any atom is -0.482 e. The number of para-hydroxylation sites is 2. The highest BCUT2D eigenvalue weighted by Crippen LogP contribution is 2.60. The summed E-state index contributed by atoms with van der Waals surface area (Å²) in [6, 6.07) is 26.2. The van der Waals surface area contributed by atoms with Crippen LogP contribution in [-0.4, -0.2) is 71.1 Å². The van der Waals surface area contributed by atoms with Gasteiger partial charge in [-0.15, -0.1) is 0 Å². The molecule has 3 amide bonds. The molecule has 1 fully saturated rings. The number of nitro benzene ring substituents is 1. The number of carbonyl (C=O) groups excluding carboxylic acids is 3. The van der Waals surface area contributed by atoms with Gasteiger partial charge in [0, 0.05) is 41.4 Å². The quantitative estimate of drug-likeness (QED) is 0.137. The van der Waals surface area contributed by atoms with Crippen LogP contribution in [-0.2, 0) is 44.2 Å². The lowest BCUT2D eigenvalue weighted by atomic mass is 9.82. The molecule has 0 saturated carbocycles. The number of hydrogen-bond acceptors (Lipinski definition) is 9. The zero-order valence-electron chi connectivity index (χ0n) is 30.8. The highest BCUT2D eigenvalue weighted by molar-refractivity contribution is 6.71. The molecule has 4 aromatic rings. The molecule has 4 aliphatic heterocycles. The first-order chi connectivity index (χ1) is 26.3. The van der Waals surface area contributed by atoms with Gasteiger partial charge in [-0.2, -0.15) is 0 Å². The van der Waals surface area contributed by atoms with Gasteiger partial charge in [0.1, 0.15) is 5.75 Å². The van der Waals surface area contributed by atoms with E-state index in [-0.39, 0.29) is 43.7 Å². The van der Waals surface area contributed by atoms with Crippen LogP contribution in [0.1, 0.15) is 35.6 Å². The predicted molar refractivity (Wildman–Crippen MR) is 205 cm³/mol. The van der Waals surface area contributed by atoms with Crippen LogP contribution < -0.4 is 14.5 Å². The lowest BCUT2D eigenvalue weighted by Gasteiger charge is -2.37. The topological polar surface area (TPSA) is 163 Å². The summed E-state index contributed by atoms with van der Waals surface area (Å²) >= 11 is 0. The third kappa shape index (κ3) is 6.09. The molecule has 55 heavy (non-hydrogen) atoms. The molecule has 5 atom stereocenters. The molecule has 4 aliphatic rings. The average Bonchev–Trinajstić information content (AvgIpc) is 3.60. The zero-order chi connectivity index (χ0) is 38.8. The van der Waals surface area contributed by atoms with Crippen molar-refractivity contribution in [2.45, 2.75) is 69.2 Å². The van der Waals surface area contributed by atoms with E-state index in [1.54, 1.807) is 52.1 Å². The minimum absolute atomic E-state index is 0.0922. The largest absolute Gasteiger partial charge is 0.482 e. The van der Waals surface area contributed by atoms with Gasteiger partial charge in [-0.1, -0.05) is 55.5 Å². The van der Waals surface area contributed by atoms with Crippen molar-refractivity contribution in [2.24, 2.45) is 5.92 Å². The van der Waals surface area contributed by atoms with E-state index in [9.17, 15) is 34.4 Å². The molecule has 4 heterocycles. The molecule has 1 saturated heterocycles. The Morgan fingerprint density at radius 2 is 1.69 bits per heavy atom. The fourth-order valence-electron chi connectivity index (χ4n) is 9.19. The first-order valence-electron chi connectivity index (χ1n) is 18.4. The van der Waals surface area contributed by atoms with E-state index < -0.39 is 48.4 Å². The molecule has 0 radical (unpaired) electrons. The van der Waals surface area contributed by atoms with Gasteiger partial charge in [-0.25, -0.2) is 0 Å². The number of ether oxygens (including phenoxy) is 2. The second-order valence-corrected chi connectivity index (χ2v) is 19.4. The standard InChI is InChI=1S/C41H42N4O9Si/c1-25-39(55(2,3)52)36(20-37(47)42-22-28-9-5-4-8-27(28)18-31(42)23-46)54-41(25)32-19-30(45(50)51)16-17-33(32)43(40(41)49)21-26-12-14-29(15-13-26)44-34-10-6-7-11-35(34)53-24-38(44)48/h4-17,19,25,31,36,39,46,52H,18,20-24H2,1-3H3/t25-,31+,36+,39-,41+/m1/s1. The van der Waals surface area contributed by atoms with E-state index in [2.05, 4.69) is 0 Å². The first-order valence-corrected chi connectivity index (χ1v) is 21.5. The molecule has 0 aromatic heterocycles. The highest BCUT2D eigenvalue weighted by atomic mass is 28.4. The van der Waals surface area contributed by atoms with E-state index in [1.807, 2.05) is 61.5 Å². The van der Waals surface area contributed by atoms with Crippen LogP contribution in [0.25, 0.3) is 0 Å². The van der Waals surface area contributed by atoms with Crippen molar-refractivity contribution in [3.05, 3.63) is 123 Å². The molecular weight excluding hydrogens is 721 g/mol. The van der Waals surface area contributed by atoms with Gasteiger partial charge in [-0.3, -0.25) is 29.4 Å². The zero-order valence-corrected chi connectivity index (χ0v) is 31.8. The number of aliphatic hydroxyl groups is 1. The maximum Gasteiger partial charge on any atom is 0.269 e. The van der Waals surface area contributed by atoms with Crippen molar-refractivity contribution in [1.82, 2.24) is 4.90 Å². The maximum atomic E-state index is 15.0. The number of hydrogen-bond donors (Lipinski definition) is 2. The Labute approximate surface area is 319 Å². The lowest BCUT2D eigenvalue weighted by molar-refractivity contribution is -0.385. The van der Waals surface area contributed by atoms with Crippen LogP contribution in [0.5, 0.6) is 5.75 Å². The summed E-state index contributed by atoms with van der Waals surface area (Å²) in [5.41, 5.74) is 2.31. The van der Waals surface area contributed by atoms with Crippen LogP contribution in [0.2, 0.25) is 18.6 Å². The van der Waals surface area contributed by atoms with E-state index in [1.165, 1.54) is 12.1 Å². The van der Waals surface area contributed by atoms with Crippen molar-refractivity contribution >= 4 is 48.8 Å². The maximum absolute atomic E-state index is 15.0. The van der Waals surface area contributed by atoms with E-state index in [4.69, 9.17) is 9.47 Å². The Hall–Kier alpha value is -5.41. The number of benzene rings is 4. The Bertz CT molecular complexity index is 2210. The number of non-ortho nitro benzene ring substituents is 1. The van der Waals surface area contributed by atoms with Gasteiger partial charge >= 0.3 is 0 Å². The average molecular weight is 763 g/mol. The van der Waals surface area contributed by atoms with E-state index in [0.29, 0.717) is 41.3 Å². The van der Waals surface area contributed by atoms with Crippen LogP contribution in [0.15, 0.2) is 91.0 Å². The van der Waals surface area contributed by atoms with Gasteiger partial charge in [0.2, 0.25) is 5.91 Å². The Morgan fingerprint density at radius 1 is 0.982 bits per heavy atom. The van der Waals surface area contributed by atoms with E-state index >= 15 is 0 Å². The van der Waals surface area contributed by atoms with Crippen molar-refractivity contribution in [3.8, 4) is 5.75 Å². The number of rotatable bonds is 8. The van der Waals surface area contributed by atoms with Gasteiger partial charge in [0.05, 0.1) is 48.0 Å². The monoisotopic (exact) mass is 762 g/mol. The Morgan fingerprint density at radius 3 is 2.40 bits per heavy atom. The van der Waals surface area contributed by atoms with Crippen molar-refractivity contribution in [1.29, 1.82) is 0 Å². The molecule has 0 aliphatic carbocycles. The number of fused-ring (bicyclic) bond motifs is 4. The minimum atomic E-state index is -3.17. The van der Waals surface area contributed by atoms with Gasteiger partial charge < -0.3 is 29.2 Å². The van der Waals surface area contributed by atoms with Crippen molar-refractivity contribution < 1.29 is 38.7 Å². The predicted octanol–water partition coefficient (Wildman–Crippen LogP) is 5.33. The summed E-state index contributed by atoms with van der Waals surface area (Å²) in [5.74, 6) is -0.983. The number of amides is 3. The molecule has 14 heteroatoms. The number of aliphatic hydroxyl groups excluding tert-OH is 1. The summed E-state index contributed by atoms with van der Waals surface area (Å²) in [6.07, 6.45) is -0.528. The molecule has 284 valence electrons. The fraction of sp³-hybridized carbons (Fsp3) is 0.341. The summed E-state index contributed by atoms with van der Waals surface area (Å²) < 4.78 is 12.4. The molecule has 13 nitrogen and oxygen atoms in total. The van der Waals surface area contributed by atoms with Crippen LogP contribution >= 0.6 is 0 Å². The lowest BCUT2D eigenvalue weighted by Crippen LogP contribution is -2.48. The fourth-order valence-corrected chi connectivity index (χ4v) is 11.7. The second-order valence-electron chi connectivity index (χ2n) is 15.4. The van der Waals surface area contributed by atoms with Crippen molar-refractivity contribution in [3.63, 3.8) is 0 Å². The Balaban J connectivity index is 1.12.